The predicted octanol–water partition coefficient (Wildman–Crippen LogP) is -0.894. The van der Waals surface area contributed by atoms with E-state index in [4.69, 9.17) is 10.8 Å². The van der Waals surface area contributed by atoms with Crippen molar-refractivity contribution in [3.8, 4) is 0 Å². The molecule has 0 spiro atoms. The highest BCUT2D eigenvalue weighted by atomic mass is 16.6. The molecule has 7 nitrogen and oxygen atoms in total. The van der Waals surface area contributed by atoms with Gasteiger partial charge in [-0.2, -0.15) is 0 Å². The van der Waals surface area contributed by atoms with Crippen LogP contribution in [0.5, 0.6) is 0 Å². The Kier molecular flexibility index (Phi) is 2.55. The number of aliphatic hydroxyl groups is 1. The third-order valence-electron chi connectivity index (χ3n) is 2.55. The maximum atomic E-state index is 11.8. The van der Waals surface area contributed by atoms with Gasteiger partial charge >= 0.3 is 0 Å². The van der Waals surface area contributed by atoms with Crippen molar-refractivity contribution >= 4 is 11.7 Å². The summed E-state index contributed by atoms with van der Waals surface area (Å²) >= 11 is 0. The van der Waals surface area contributed by atoms with E-state index in [9.17, 15) is 4.79 Å². The molecular weight excluding hydrogens is 200 g/mol. The van der Waals surface area contributed by atoms with Gasteiger partial charge in [-0.05, 0) is 16.7 Å². The molecule has 1 fully saturated rings. The van der Waals surface area contributed by atoms with Gasteiger partial charge in [0.05, 0.1) is 0 Å². The Bertz CT molecular complexity index is 365. The smallest absolute Gasteiger partial charge is 0.280 e. The van der Waals surface area contributed by atoms with Crippen LogP contribution in [-0.2, 0) is 0 Å². The summed E-state index contributed by atoms with van der Waals surface area (Å²) < 4.78 is 4.36. The second-order valence-electron chi connectivity index (χ2n) is 3.59. The number of rotatable bonds is 2. The molecule has 15 heavy (non-hydrogen) atoms. The standard InChI is InChI=1S/C8H12N4O3/c9-7-6(10-15-11-7)8(14)12-2-1-5(3-12)4-13/h5,13H,1-4H2,(H2,9,11). The van der Waals surface area contributed by atoms with Gasteiger partial charge in [-0.3, -0.25) is 4.79 Å². The molecular formula is C8H12N4O3. The molecule has 0 aliphatic carbocycles. The molecule has 3 N–H and O–H groups in total. The quantitative estimate of drug-likeness (QED) is 0.658. The zero-order valence-corrected chi connectivity index (χ0v) is 8.09. The molecule has 1 atom stereocenters. The Morgan fingerprint density at radius 2 is 2.47 bits per heavy atom. The number of hydrogen-bond acceptors (Lipinski definition) is 6. The van der Waals surface area contributed by atoms with Crippen molar-refractivity contribution in [1.82, 2.24) is 15.2 Å². The number of carbonyl (C=O) groups excluding carboxylic acids is 1. The summed E-state index contributed by atoms with van der Waals surface area (Å²) in [7, 11) is 0. The number of amides is 1. The third kappa shape index (κ3) is 1.78. The maximum absolute atomic E-state index is 11.8. The molecule has 2 rings (SSSR count). The van der Waals surface area contributed by atoms with E-state index in [0.29, 0.717) is 13.1 Å². The topological polar surface area (TPSA) is 105 Å². The lowest BCUT2D eigenvalue weighted by Crippen LogP contribution is -2.30. The molecule has 1 aliphatic heterocycles. The van der Waals surface area contributed by atoms with E-state index in [0.717, 1.165) is 6.42 Å². The lowest BCUT2D eigenvalue weighted by molar-refractivity contribution is 0.0771. The number of anilines is 1. The monoisotopic (exact) mass is 212 g/mol. The summed E-state index contributed by atoms with van der Waals surface area (Å²) in [6.07, 6.45) is 0.799. The summed E-state index contributed by atoms with van der Waals surface area (Å²) in [5.41, 5.74) is 5.46. The van der Waals surface area contributed by atoms with E-state index in [1.54, 1.807) is 4.90 Å². The van der Waals surface area contributed by atoms with Gasteiger partial charge in [0.15, 0.2) is 0 Å². The predicted molar refractivity (Wildman–Crippen MR) is 49.8 cm³/mol. The van der Waals surface area contributed by atoms with Gasteiger partial charge in [0, 0.05) is 25.6 Å². The second kappa shape index (κ2) is 3.85. The molecule has 1 saturated heterocycles. The lowest BCUT2D eigenvalue weighted by atomic mass is 10.1. The second-order valence-corrected chi connectivity index (χ2v) is 3.59. The SMILES string of the molecule is Nc1nonc1C(=O)N1CCC(CO)C1. The van der Waals surface area contributed by atoms with Crippen LogP contribution >= 0.6 is 0 Å². The number of aliphatic hydroxyl groups excluding tert-OH is 1. The number of nitrogen functional groups attached to an aromatic ring is 1. The molecule has 1 amide bonds. The fourth-order valence-electron chi connectivity index (χ4n) is 1.66. The molecule has 82 valence electrons. The third-order valence-corrected chi connectivity index (χ3v) is 2.55. The Morgan fingerprint density at radius 3 is 3.00 bits per heavy atom. The summed E-state index contributed by atoms with van der Waals surface area (Å²) in [5.74, 6) is -0.132. The van der Waals surface area contributed by atoms with Crippen molar-refractivity contribution in [1.29, 1.82) is 0 Å². The first kappa shape index (κ1) is 9.91. The van der Waals surface area contributed by atoms with Crippen molar-refractivity contribution in [3.05, 3.63) is 5.69 Å². The maximum Gasteiger partial charge on any atom is 0.280 e. The van der Waals surface area contributed by atoms with Gasteiger partial charge < -0.3 is 15.7 Å². The molecule has 1 aliphatic rings. The van der Waals surface area contributed by atoms with E-state index in [-0.39, 0.29) is 29.9 Å². The molecule has 0 radical (unpaired) electrons. The van der Waals surface area contributed by atoms with Crippen LogP contribution < -0.4 is 5.73 Å². The normalized spacial score (nSPS) is 20.9. The first-order chi connectivity index (χ1) is 7.22. The molecule has 0 bridgehead atoms. The zero-order valence-electron chi connectivity index (χ0n) is 8.09. The summed E-state index contributed by atoms with van der Waals surface area (Å²) in [4.78, 5) is 13.4. The molecule has 1 unspecified atom stereocenters. The van der Waals surface area contributed by atoms with Gasteiger partial charge in [-0.1, -0.05) is 0 Å². The van der Waals surface area contributed by atoms with E-state index in [2.05, 4.69) is 14.9 Å². The summed E-state index contributed by atoms with van der Waals surface area (Å²) in [6.45, 7) is 1.23. The highest BCUT2D eigenvalue weighted by molar-refractivity contribution is 5.96. The van der Waals surface area contributed by atoms with Crippen LogP contribution in [0, 0.1) is 5.92 Å². The Balaban J connectivity index is 2.07. The highest BCUT2D eigenvalue weighted by Crippen LogP contribution is 2.18. The Morgan fingerprint density at radius 1 is 1.67 bits per heavy atom. The van der Waals surface area contributed by atoms with Crippen molar-refractivity contribution in [2.75, 3.05) is 25.4 Å². The van der Waals surface area contributed by atoms with E-state index in [1.807, 2.05) is 0 Å². The van der Waals surface area contributed by atoms with Gasteiger partial charge in [0.25, 0.3) is 5.91 Å². The van der Waals surface area contributed by atoms with Gasteiger partial charge in [0.2, 0.25) is 11.5 Å². The van der Waals surface area contributed by atoms with Gasteiger partial charge in [-0.25, -0.2) is 4.63 Å². The fourth-order valence-corrected chi connectivity index (χ4v) is 1.66. The number of likely N-dealkylation sites (tertiary alicyclic amines) is 1. The summed E-state index contributed by atoms with van der Waals surface area (Å²) in [5, 5.41) is 15.7. The summed E-state index contributed by atoms with van der Waals surface area (Å²) in [6, 6.07) is 0. The minimum atomic E-state index is -0.287. The zero-order chi connectivity index (χ0) is 10.8. The van der Waals surface area contributed by atoms with Crippen LogP contribution in [0.15, 0.2) is 4.63 Å². The van der Waals surface area contributed by atoms with Gasteiger partial charge in [0.1, 0.15) is 0 Å². The average molecular weight is 212 g/mol. The van der Waals surface area contributed by atoms with Crippen LogP contribution in [0.4, 0.5) is 5.82 Å². The molecule has 0 saturated carbocycles. The van der Waals surface area contributed by atoms with Crippen LogP contribution in [-0.4, -0.2) is 45.9 Å². The molecule has 1 aromatic rings. The van der Waals surface area contributed by atoms with E-state index in [1.165, 1.54) is 0 Å². The molecule has 7 heteroatoms. The van der Waals surface area contributed by atoms with Crippen molar-refractivity contribution < 1.29 is 14.5 Å². The number of aromatic nitrogens is 2. The first-order valence-electron chi connectivity index (χ1n) is 4.70. The number of carbonyl (C=O) groups is 1. The average Bonchev–Trinajstić information content (AvgIpc) is 2.84. The fraction of sp³-hybridized carbons (Fsp3) is 0.625. The number of hydrogen-bond donors (Lipinski definition) is 2. The molecule has 2 heterocycles. The Hall–Kier alpha value is -1.63. The molecule has 1 aromatic heterocycles. The molecule has 0 aromatic carbocycles. The largest absolute Gasteiger partial charge is 0.396 e. The van der Waals surface area contributed by atoms with Crippen molar-refractivity contribution in [2.24, 2.45) is 5.92 Å². The minimum Gasteiger partial charge on any atom is -0.396 e. The van der Waals surface area contributed by atoms with Crippen molar-refractivity contribution in [3.63, 3.8) is 0 Å². The number of nitrogens with zero attached hydrogens (tertiary/aromatic N) is 3. The van der Waals surface area contributed by atoms with Gasteiger partial charge in [-0.15, -0.1) is 0 Å². The van der Waals surface area contributed by atoms with E-state index >= 15 is 0 Å². The van der Waals surface area contributed by atoms with Crippen LogP contribution in [0.25, 0.3) is 0 Å². The van der Waals surface area contributed by atoms with Crippen molar-refractivity contribution in [2.45, 2.75) is 6.42 Å². The number of nitrogens with two attached hydrogens (primary N) is 1. The minimum absolute atomic E-state index is 0.00690. The van der Waals surface area contributed by atoms with Crippen LogP contribution in [0.1, 0.15) is 16.9 Å². The highest BCUT2D eigenvalue weighted by Gasteiger charge is 2.29. The lowest BCUT2D eigenvalue weighted by Gasteiger charge is -2.13. The first-order valence-corrected chi connectivity index (χ1v) is 4.70. The van der Waals surface area contributed by atoms with Crippen LogP contribution in [0.3, 0.4) is 0 Å². The van der Waals surface area contributed by atoms with E-state index < -0.39 is 0 Å². The Labute approximate surface area is 85.8 Å². The van der Waals surface area contributed by atoms with Crippen LogP contribution in [0.2, 0.25) is 0 Å².